The molecule has 4 rings (SSSR count). The van der Waals surface area contributed by atoms with Gasteiger partial charge in [0.05, 0.1) is 6.04 Å². The summed E-state index contributed by atoms with van der Waals surface area (Å²) in [7, 11) is 0. The second-order valence-corrected chi connectivity index (χ2v) is 12.2. The number of amides is 4. The molecule has 0 saturated heterocycles. The van der Waals surface area contributed by atoms with Crippen molar-refractivity contribution >= 4 is 34.9 Å². The van der Waals surface area contributed by atoms with E-state index < -0.39 is 0 Å². The van der Waals surface area contributed by atoms with E-state index in [-0.39, 0.29) is 36.2 Å². The Morgan fingerprint density at radius 2 is 1.54 bits per heavy atom. The molecule has 0 bridgehead atoms. The van der Waals surface area contributed by atoms with E-state index in [0.717, 1.165) is 57.9 Å². The summed E-state index contributed by atoms with van der Waals surface area (Å²) in [5, 5.41) is 8.77. The molecule has 48 heavy (non-hydrogen) atoms. The lowest BCUT2D eigenvalue weighted by molar-refractivity contribution is -0.122. The van der Waals surface area contributed by atoms with Crippen molar-refractivity contribution in [1.29, 1.82) is 0 Å². The van der Waals surface area contributed by atoms with Gasteiger partial charge in [-0.1, -0.05) is 100 Å². The van der Waals surface area contributed by atoms with Gasteiger partial charge in [0.1, 0.15) is 0 Å². The number of carbonyl (C=O) groups excluding carboxylic acids is 4. The molecule has 3 aromatic rings. The molecule has 3 atom stereocenters. The number of unbranched alkanes of at least 4 members (excludes halogenated alkanes) is 2. The summed E-state index contributed by atoms with van der Waals surface area (Å²) in [6.45, 7) is 8.86. The summed E-state index contributed by atoms with van der Waals surface area (Å²) < 4.78 is 0. The van der Waals surface area contributed by atoms with Gasteiger partial charge in [0, 0.05) is 25.3 Å². The Morgan fingerprint density at radius 3 is 2.19 bits per heavy atom. The standard InChI is InChI=1S/C19H25NO.C16H24N2O.C3H7NO.CH3NO/c1-4-14(2)15(3)20-19(21)12-10-16-9-11-17-7-5-6-8-18(17)13-16;17-12-5-1-2-11-16(19)18-15-10-6-8-13-7-3-4-9-14(13)15;1-2-3(4)5;2-1-3/h5-9,11,13-15H,4,10,12H2,1-3H3,(H,20,21);3-4,7,9,15H,1-2,5-6,8,10-12,17H2,(H,18,19);2H2,1H3,(H2,4,5);1H,(H2,2,3). The second-order valence-electron chi connectivity index (χ2n) is 12.2. The highest BCUT2D eigenvalue weighted by atomic mass is 16.2. The molecule has 0 aromatic heterocycles. The fourth-order valence-electron chi connectivity index (χ4n) is 5.25. The molecule has 0 spiro atoms. The summed E-state index contributed by atoms with van der Waals surface area (Å²) in [6, 6.07) is 23.7. The van der Waals surface area contributed by atoms with Gasteiger partial charge in [0.25, 0.3) is 0 Å². The van der Waals surface area contributed by atoms with Crippen LogP contribution in [-0.2, 0) is 32.0 Å². The van der Waals surface area contributed by atoms with Crippen molar-refractivity contribution in [3.63, 3.8) is 0 Å². The first-order valence-electron chi connectivity index (χ1n) is 17.4. The molecule has 0 saturated carbocycles. The maximum atomic E-state index is 12.0. The van der Waals surface area contributed by atoms with E-state index >= 15 is 0 Å². The number of carbonyl (C=O) groups is 4. The first-order chi connectivity index (χ1) is 23.1. The van der Waals surface area contributed by atoms with Crippen molar-refractivity contribution in [3.05, 3.63) is 83.4 Å². The van der Waals surface area contributed by atoms with E-state index in [1.165, 1.54) is 27.5 Å². The van der Waals surface area contributed by atoms with Crippen LogP contribution in [0, 0.1) is 5.92 Å². The second kappa shape index (κ2) is 24.9. The van der Waals surface area contributed by atoms with Crippen LogP contribution in [0.25, 0.3) is 10.8 Å². The number of benzene rings is 3. The van der Waals surface area contributed by atoms with Crippen LogP contribution < -0.4 is 27.8 Å². The lowest BCUT2D eigenvalue weighted by Crippen LogP contribution is -2.36. The van der Waals surface area contributed by atoms with Crippen LogP contribution in [-0.4, -0.2) is 36.7 Å². The highest BCUT2D eigenvalue weighted by Gasteiger charge is 2.21. The number of aryl methyl sites for hydroxylation is 2. The van der Waals surface area contributed by atoms with Crippen LogP contribution in [0.4, 0.5) is 0 Å². The number of primary amides is 2. The molecule has 0 fully saturated rings. The van der Waals surface area contributed by atoms with E-state index in [2.05, 4.69) is 97.5 Å². The van der Waals surface area contributed by atoms with E-state index in [0.29, 0.717) is 25.2 Å². The largest absolute Gasteiger partial charge is 0.372 e. The highest BCUT2D eigenvalue weighted by Crippen LogP contribution is 2.29. The lowest BCUT2D eigenvalue weighted by Gasteiger charge is -2.26. The molecule has 264 valence electrons. The quantitative estimate of drug-likeness (QED) is 0.111. The Morgan fingerprint density at radius 1 is 0.896 bits per heavy atom. The van der Waals surface area contributed by atoms with Crippen LogP contribution in [0.5, 0.6) is 0 Å². The van der Waals surface area contributed by atoms with Gasteiger partial charge in [0.15, 0.2) is 0 Å². The summed E-state index contributed by atoms with van der Waals surface area (Å²) in [5.41, 5.74) is 18.2. The predicted octanol–water partition coefficient (Wildman–Crippen LogP) is 6.01. The van der Waals surface area contributed by atoms with Gasteiger partial charge in [-0.05, 0) is 85.4 Å². The molecule has 9 heteroatoms. The monoisotopic (exact) mass is 661 g/mol. The van der Waals surface area contributed by atoms with E-state index in [4.69, 9.17) is 10.5 Å². The van der Waals surface area contributed by atoms with Gasteiger partial charge >= 0.3 is 0 Å². The summed E-state index contributed by atoms with van der Waals surface area (Å²) >= 11 is 0. The van der Waals surface area contributed by atoms with Crippen molar-refractivity contribution in [2.45, 2.75) is 110 Å². The van der Waals surface area contributed by atoms with Crippen molar-refractivity contribution in [2.75, 3.05) is 6.54 Å². The molecule has 4 amide bonds. The molecule has 9 nitrogen and oxygen atoms in total. The van der Waals surface area contributed by atoms with Crippen LogP contribution in [0.15, 0.2) is 66.7 Å². The van der Waals surface area contributed by atoms with Crippen molar-refractivity contribution in [3.8, 4) is 0 Å². The van der Waals surface area contributed by atoms with Gasteiger partial charge in [-0.2, -0.15) is 0 Å². The molecular formula is C39H59N5O4. The van der Waals surface area contributed by atoms with Crippen molar-refractivity contribution < 1.29 is 19.2 Å². The molecule has 0 aliphatic heterocycles. The van der Waals surface area contributed by atoms with Gasteiger partial charge in [-0.3, -0.25) is 19.2 Å². The zero-order valence-electron chi connectivity index (χ0n) is 29.5. The Hall–Kier alpha value is -4.24. The van der Waals surface area contributed by atoms with Crippen molar-refractivity contribution in [1.82, 2.24) is 10.6 Å². The molecular weight excluding hydrogens is 602 g/mol. The summed E-state index contributed by atoms with van der Waals surface area (Å²) in [6.07, 6.45) is 10.1. The van der Waals surface area contributed by atoms with Gasteiger partial charge in [-0.15, -0.1) is 0 Å². The molecule has 0 radical (unpaired) electrons. The minimum absolute atomic E-state index is 0.149. The zero-order chi connectivity index (χ0) is 35.7. The average molecular weight is 662 g/mol. The Kier molecular flexibility index (Phi) is 21.6. The van der Waals surface area contributed by atoms with Gasteiger partial charge in [-0.25, -0.2) is 0 Å². The molecule has 3 aromatic carbocycles. The first kappa shape index (κ1) is 41.8. The van der Waals surface area contributed by atoms with Crippen LogP contribution >= 0.6 is 0 Å². The Bertz CT molecular complexity index is 1380. The van der Waals surface area contributed by atoms with Crippen LogP contribution in [0.2, 0.25) is 0 Å². The Balaban J connectivity index is 0.000000394. The fourth-order valence-corrected chi connectivity index (χ4v) is 5.25. The minimum Gasteiger partial charge on any atom is -0.372 e. The smallest absolute Gasteiger partial charge is 0.220 e. The van der Waals surface area contributed by atoms with Gasteiger partial charge < -0.3 is 27.8 Å². The Labute approximate surface area is 287 Å². The topological polar surface area (TPSA) is 170 Å². The highest BCUT2D eigenvalue weighted by molar-refractivity contribution is 5.83. The third-order valence-corrected chi connectivity index (χ3v) is 8.50. The third kappa shape index (κ3) is 17.1. The molecule has 1 aliphatic carbocycles. The first-order valence-corrected chi connectivity index (χ1v) is 17.4. The number of nitrogens with one attached hydrogen (secondary N) is 2. The molecule has 8 N–H and O–H groups in total. The SMILES string of the molecule is CCC(C)C(C)NC(=O)CCc1ccc2ccccc2c1.CCC(N)=O.NC=O.NCCCCCC(=O)NC1CCCc2ccccc21. The van der Waals surface area contributed by atoms with E-state index in [1.807, 2.05) is 12.1 Å². The predicted molar refractivity (Wildman–Crippen MR) is 197 cm³/mol. The summed E-state index contributed by atoms with van der Waals surface area (Å²) in [5.74, 6) is 0.606. The van der Waals surface area contributed by atoms with Gasteiger partial charge in [0.2, 0.25) is 24.1 Å². The minimum atomic E-state index is -0.245. The number of hydrogen-bond donors (Lipinski definition) is 5. The lowest BCUT2D eigenvalue weighted by atomic mass is 9.87. The number of rotatable bonds is 13. The number of nitrogens with two attached hydrogens (primary N) is 3. The van der Waals surface area contributed by atoms with Crippen molar-refractivity contribution in [2.24, 2.45) is 23.1 Å². The maximum absolute atomic E-state index is 12.0. The van der Waals surface area contributed by atoms with Crippen LogP contribution in [0.3, 0.4) is 0 Å². The normalized spacial score (nSPS) is 14.1. The average Bonchev–Trinajstić information content (AvgIpc) is 3.09. The summed E-state index contributed by atoms with van der Waals surface area (Å²) in [4.78, 5) is 42.1. The van der Waals surface area contributed by atoms with E-state index in [1.54, 1.807) is 6.92 Å². The maximum Gasteiger partial charge on any atom is 0.220 e. The molecule has 3 unspecified atom stereocenters. The number of fused-ring (bicyclic) bond motifs is 2. The van der Waals surface area contributed by atoms with E-state index in [9.17, 15) is 14.4 Å². The molecule has 1 aliphatic rings. The number of hydrogen-bond acceptors (Lipinski definition) is 5. The van der Waals surface area contributed by atoms with Crippen LogP contribution in [0.1, 0.15) is 108 Å². The third-order valence-electron chi connectivity index (χ3n) is 8.50. The zero-order valence-corrected chi connectivity index (χ0v) is 29.5. The fraction of sp³-hybridized carbons (Fsp3) is 0.487. The molecule has 0 heterocycles.